The summed E-state index contributed by atoms with van der Waals surface area (Å²) in [5.74, 6) is -1.90. The van der Waals surface area contributed by atoms with Gasteiger partial charge in [0.25, 0.3) is 0 Å². The molecule has 2 atom stereocenters. The van der Waals surface area contributed by atoms with Gasteiger partial charge in [-0.05, 0) is 70.6 Å². The van der Waals surface area contributed by atoms with E-state index < -0.39 is 24.1 Å². The Morgan fingerprint density at radius 1 is 0.596 bits per heavy atom. The average Bonchev–Trinajstić information content (AvgIpc) is 3.09. The van der Waals surface area contributed by atoms with Gasteiger partial charge >= 0.3 is 11.9 Å². The summed E-state index contributed by atoms with van der Waals surface area (Å²) in [7, 11) is 5.35. The molecule has 0 saturated carbocycles. The van der Waals surface area contributed by atoms with E-state index in [1.807, 2.05) is 12.2 Å². The number of esters is 2. The zero-order valence-corrected chi connectivity index (χ0v) is 33.2. The molecule has 0 aliphatic rings. The van der Waals surface area contributed by atoms with Gasteiger partial charge in [-0.2, -0.15) is 0 Å². The van der Waals surface area contributed by atoms with Gasteiger partial charge in [0.15, 0.2) is 6.10 Å². The molecule has 0 radical (unpaired) electrons. The Kier molecular flexibility index (Phi) is 32.3. The first kappa shape index (κ1) is 48.5. The number of quaternary nitrogens is 1. The molecule has 0 saturated heterocycles. The second-order valence-corrected chi connectivity index (χ2v) is 13.8. The van der Waals surface area contributed by atoms with Crippen molar-refractivity contribution in [2.75, 3.05) is 41.0 Å². The third kappa shape index (κ3) is 32.4. The van der Waals surface area contributed by atoms with Crippen LogP contribution in [0.2, 0.25) is 0 Å². The van der Waals surface area contributed by atoms with Crippen LogP contribution in [0.5, 0.6) is 0 Å². The van der Waals surface area contributed by atoms with Gasteiger partial charge in [0, 0.05) is 19.3 Å². The SMILES string of the molecule is CC/C=C/C/C=C/C/C=C/C/C=C/C/C=C/C/C=C/CCC(=O)OC(COCCC(C(=O)[O-])[N+](C)(C)C)COC(=O)CCC/C=C/CCCCCC. The zero-order valence-electron chi connectivity index (χ0n) is 33.2. The van der Waals surface area contributed by atoms with Crippen molar-refractivity contribution in [2.45, 2.75) is 135 Å². The van der Waals surface area contributed by atoms with Crippen LogP contribution in [0.15, 0.2) is 85.1 Å². The van der Waals surface area contributed by atoms with E-state index >= 15 is 0 Å². The molecule has 294 valence electrons. The number of hydrogen-bond donors (Lipinski definition) is 0. The van der Waals surface area contributed by atoms with Gasteiger partial charge in [0.1, 0.15) is 12.6 Å². The summed E-state index contributed by atoms with van der Waals surface area (Å²) in [5.41, 5.74) is 0. The molecule has 0 aromatic heterocycles. The van der Waals surface area contributed by atoms with Crippen molar-refractivity contribution in [3.8, 4) is 0 Å². The number of allylic oxidation sites excluding steroid dienone is 14. The highest BCUT2D eigenvalue weighted by Crippen LogP contribution is 2.10. The summed E-state index contributed by atoms with van der Waals surface area (Å²) >= 11 is 0. The van der Waals surface area contributed by atoms with E-state index in [2.05, 4.69) is 86.8 Å². The third-order valence-corrected chi connectivity index (χ3v) is 8.03. The molecule has 8 heteroatoms. The van der Waals surface area contributed by atoms with Crippen LogP contribution in [0.3, 0.4) is 0 Å². The Morgan fingerprint density at radius 3 is 1.63 bits per heavy atom. The second kappa shape index (κ2) is 34.6. The summed E-state index contributed by atoms with van der Waals surface area (Å²) in [4.78, 5) is 36.6. The van der Waals surface area contributed by atoms with E-state index in [9.17, 15) is 19.5 Å². The highest BCUT2D eigenvalue weighted by molar-refractivity contribution is 5.70. The number of aliphatic carboxylic acids is 1. The van der Waals surface area contributed by atoms with Gasteiger partial charge < -0.3 is 28.6 Å². The molecule has 0 rings (SSSR count). The Labute approximate surface area is 316 Å². The topological polar surface area (TPSA) is 102 Å². The first-order chi connectivity index (χ1) is 25.1. The Bertz CT molecular complexity index is 1120. The van der Waals surface area contributed by atoms with Gasteiger partial charge in [-0.25, -0.2) is 0 Å². The van der Waals surface area contributed by atoms with Crippen molar-refractivity contribution in [1.29, 1.82) is 0 Å². The molecule has 0 aliphatic heterocycles. The fraction of sp³-hybridized carbons (Fsp3) is 0.614. The monoisotopic (exact) mass is 726 g/mol. The minimum atomic E-state index is -1.14. The van der Waals surface area contributed by atoms with Crippen molar-refractivity contribution >= 4 is 17.9 Å². The molecule has 0 aliphatic carbocycles. The minimum absolute atomic E-state index is 0.00336. The second-order valence-electron chi connectivity index (χ2n) is 13.8. The van der Waals surface area contributed by atoms with Crippen LogP contribution >= 0.6 is 0 Å². The van der Waals surface area contributed by atoms with Crippen LogP contribution in [-0.4, -0.2) is 75.5 Å². The molecular weight excluding hydrogens is 654 g/mol. The summed E-state index contributed by atoms with van der Waals surface area (Å²) in [5, 5.41) is 11.6. The van der Waals surface area contributed by atoms with Gasteiger partial charge in [-0.1, -0.05) is 118 Å². The van der Waals surface area contributed by atoms with Gasteiger partial charge in [0.05, 0.1) is 40.3 Å². The number of nitrogens with zero attached hydrogens (tertiary/aromatic N) is 1. The predicted octanol–water partition coefficient (Wildman–Crippen LogP) is 8.85. The number of likely N-dealkylation sites (N-methyl/N-ethyl adjacent to an activating group) is 1. The van der Waals surface area contributed by atoms with Gasteiger partial charge in [-0.3, -0.25) is 9.59 Å². The maximum atomic E-state index is 12.6. The van der Waals surface area contributed by atoms with E-state index in [0.29, 0.717) is 12.8 Å². The lowest BCUT2D eigenvalue weighted by Crippen LogP contribution is -2.55. The van der Waals surface area contributed by atoms with Crippen LogP contribution < -0.4 is 5.11 Å². The Hall–Kier alpha value is -3.49. The molecule has 0 bridgehead atoms. The van der Waals surface area contributed by atoms with Crippen LogP contribution in [0.25, 0.3) is 0 Å². The molecule has 0 fully saturated rings. The lowest BCUT2D eigenvalue weighted by molar-refractivity contribution is -0.889. The van der Waals surface area contributed by atoms with Crippen molar-refractivity contribution in [2.24, 2.45) is 0 Å². The van der Waals surface area contributed by atoms with Crippen molar-refractivity contribution in [3.05, 3.63) is 85.1 Å². The van der Waals surface area contributed by atoms with E-state index in [1.165, 1.54) is 25.7 Å². The molecule has 0 heterocycles. The number of carbonyl (C=O) groups is 3. The first-order valence-corrected chi connectivity index (χ1v) is 19.6. The molecule has 2 unspecified atom stereocenters. The van der Waals surface area contributed by atoms with Crippen molar-refractivity contribution in [3.63, 3.8) is 0 Å². The number of carboxylic acid groups (broad SMARTS) is 1. The normalized spacial score (nSPS) is 13.9. The van der Waals surface area contributed by atoms with E-state index in [-0.39, 0.29) is 49.5 Å². The first-order valence-electron chi connectivity index (χ1n) is 19.6. The Morgan fingerprint density at radius 2 is 1.12 bits per heavy atom. The van der Waals surface area contributed by atoms with Crippen LogP contribution in [-0.2, 0) is 28.6 Å². The summed E-state index contributed by atoms with van der Waals surface area (Å²) < 4.78 is 16.9. The largest absolute Gasteiger partial charge is 0.544 e. The molecule has 0 spiro atoms. The van der Waals surface area contributed by atoms with Crippen LogP contribution in [0.4, 0.5) is 0 Å². The number of ether oxygens (including phenoxy) is 3. The highest BCUT2D eigenvalue weighted by Gasteiger charge is 2.25. The summed E-state index contributed by atoms with van der Waals surface area (Å²) in [6, 6.07) is -0.745. The molecule has 52 heavy (non-hydrogen) atoms. The van der Waals surface area contributed by atoms with Crippen molar-refractivity contribution in [1.82, 2.24) is 0 Å². The lowest BCUT2D eigenvalue weighted by atomic mass is 10.1. The third-order valence-electron chi connectivity index (χ3n) is 8.03. The quantitative estimate of drug-likeness (QED) is 0.0288. The number of rotatable bonds is 33. The van der Waals surface area contributed by atoms with Crippen molar-refractivity contribution < 1.29 is 38.2 Å². The fourth-order valence-corrected chi connectivity index (χ4v) is 4.98. The molecule has 0 N–H and O–H groups in total. The molecular formula is C44H71NO7. The van der Waals surface area contributed by atoms with E-state index in [4.69, 9.17) is 14.2 Å². The van der Waals surface area contributed by atoms with E-state index in [1.54, 1.807) is 21.1 Å². The average molecular weight is 726 g/mol. The van der Waals surface area contributed by atoms with Crippen LogP contribution in [0, 0.1) is 0 Å². The van der Waals surface area contributed by atoms with Gasteiger partial charge in [-0.15, -0.1) is 0 Å². The zero-order chi connectivity index (χ0) is 38.5. The smallest absolute Gasteiger partial charge is 0.306 e. The summed E-state index contributed by atoms with van der Waals surface area (Å²) in [6.45, 7) is 4.36. The number of unbranched alkanes of at least 4 members (excludes halogenated alkanes) is 5. The maximum absolute atomic E-state index is 12.6. The lowest BCUT2D eigenvalue weighted by Gasteiger charge is -2.34. The molecule has 8 nitrogen and oxygen atoms in total. The fourth-order valence-electron chi connectivity index (χ4n) is 4.98. The Balaban J connectivity index is 4.57. The highest BCUT2D eigenvalue weighted by atomic mass is 16.6. The number of hydrogen-bond acceptors (Lipinski definition) is 7. The predicted molar refractivity (Wildman–Crippen MR) is 212 cm³/mol. The van der Waals surface area contributed by atoms with Crippen LogP contribution in [0.1, 0.15) is 123 Å². The van der Waals surface area contributed by atoms with E-state index in [0.717, 1.165) is 51.4 Å². The maximum Gasteiger partial charge on any atom is 0.306 e. The van der Waals surface area contributed by atoms with Gasteiger partial charge in [0.2, 0.25) is 0 Å². The number of carboxylic acids is 1. The molecule has 0 aromatic rings. The standard InChI is InChI=1S/C44H71NO7/c1-6-8-10-12-14-16-17-18-19-20-21-22-23-24-25-27-29-31-33-35-43(47)52-40(38-50-37-36-41(44(48)49)45(3,4)5)39-51-42(46)34-32-30-28-26-15-13-11-9-7-2/h8,10,14,16,18-19,21-22,24-26,28-29,31,40-41H,6-7,9,11-13,15,17,20,23,27,30,32-39H2,1-5H3/b10-8+,16-14+,19-18+,22-21+,25-24+,28-26+,31-29+. The molecule has 0 amide bonds. The minimum Gasteiger partial charge on any atom is -0.544 e. The summed E-state index contributed by atoms with van der Waals surface area (Å²) in [6.07, 6.45) is 43.5. The number of carbonyl (C=O) groups excluding carboxylic acids is 3. The molecule has 0 aromatic carbocycles.